The van der Waals surface area contributed by atoms with Gasteiger partial charge in [0.1, 0.15) is 5.82 Å². The monoisotopic (exact) mass is 231 g/mol. The van der Waals surface area contributed by atoms with E-state index < -0.39 is 5.82 Å². The Hall–Kier alpha value is -0.640. The van der Waals surface area contributed by atoms with Crippen LogP contribution >= 0.6 is 11.6 Å². The number of rotatable bonds is 5. The first kappa shape index (κ1) is 12.4. The van der Waals surface area contributed by atoms with Gasteiger partial charge in [0.2, 0.25) is 0 Å². The summed E-state index contributed by atoms with van der Waals surface area (Å²) in [5.74, 6) is -0.391. The summed E-state index contributed by atoms with van der Waals surface area (Å²) in [5, 5.41) is 12.2. The van der Waals surface area contributed by atoms with Crippen LogP contribution < -0.4 is 5.32 Å². The molecule has 0 aromatic heterocycles. The molecule has 1 unspecified atom stereocenters. The third-order valence-corrected chi connectivity index (χ3v) is 2.30. The van der Waals surface area contributed by atoms with Gasteiger partial charge in [0, 0.05) is 6.54 Å². The number of aliphatic hydroxyl groups excluding tert-OH is 1. The summed E-state index contributed by atoms with van der Waals surface area (Å²) in [4.78, 5) is 0. The molecule has 0 aliphatic rings. The van der Waals surface area contributed by atoms with Crippen molar-refractivity contribution >= 4 is 11.6 Å². The Labute approximate surface area is 94.1 Å². The van der Waals surface area contributed by atoms with Gasteiger partial charge in [0.25, 0.3) is 0 Å². The average Bonchev–Trinajstić information content (AvgIpc) is 2.18. The molecular weight excluding hydrogens is 217 g/mol. The molecule has 0 saturated heterocycles. The first-order chi connectivity index (χ1) is 7.09. The van der Waals surface area contributed by atoms with E-state index in [1.165, 1.54) is 6.07 Å². The highest BCUT2D eigenvalue weighted by atomic mass is 35.5. The minimum absolute atomic E-state index is 0.156. The van der Waals surface area contributed by atoms with Crippen molar-refractivity contribution in [1.82, 2.24) is 5.32 Å². The molecule has 0 spiro atoms. The molecule has 84 valence electrons. The van der Waals surface area contributed by atoms with Crippen molar-refractivity contribution in [3.05, 3.63) is 34.6 Å². The first-order valence-corrected chi connectivity index (χ1v) is 5.30. The fraction of sp³-hybridized carbons (Fsp3) is 0.455. The van der Waals surface area contributed by atoms with E-state index in [9.17, 15) is 4.39 Å². The number of halogens is 2. The van der Waals surface area contributed by atoms with E-state index in [0.29, 0.717) is 6.54 Å². The zero-order valence-electron chi connectivity index (χ0n) is 8.63. The Bertz CT molecular complexity index is 317. The molecule has 0 fully saturated rings. The standard InChI is InChI=1S/C11H15ClFNO/c1-8(15)7-14-5-4-9-2-3-11(13)10(12)6-9/h2-3,6,8,14-15H,4-5,7H2,1H3. The molecule has 1 rings (SSSR count). The second-order valence-corrected chi connectivity index (χ2v) is 3.96. The largest absolute Gasteiger partial charge is 0.392 e. The lowest BCUT2D eigenvalue weighted by atomic mass is 10.1. The molecule has 1 aromatic carbocycles. The van der Waals surface area contributed by atoms with E-state index >= 15 is 0 Å². The lowest BCUT2D eigenvalue weighted by molar-refractivity contribution is 0.191. The Balaban J connectivity index is 2.35. The number of hydrogen-bond donors (Lipinski definition) is 2. The van der Waals surface area contributed by atoms with Crippen molar-refractivity contribution in [2.24, 2.45) is 0 Å². The van der Waals surface area contributed by atoms with Gasteiger partial charge >= 0.3 is 0 Å². The Morgan fingerprint density at radius 2 is 2.27 bits per heavy atom. The highest BCUT2D eigenvalue weighted by molar-refractivity contribution is 6.30. The van der Waals surface area contributed by atoms with Gasteiger partial charge in [-0.3, -0.25) is 0 Å². The predicted octanol–water partition coefficient (Wildman–Crippen LogP) is 1.99. The van der Waals surface area contributed by atoms with Crippen LogP contribution in [-0.2, 0) is 6.42 Å². The maximum absolute atomic E-state index is 12.8. The topological polar surface area (TPSA) is 32.3 Å². The maximum Gasteiger partial charge on any atom is 0.141 e. The second-order valence-electron chi connectivity index (χ2n) is 3.55. The van der Waals surface area contributed by atoms with Crippen LogP contribution in [0.1, 0.15) is 12.5 Å². The maximum atomic E-state index is 12.8. The van der Waals surface area contributed by atoms with E-state index in [1.54, 1.807) is 19.1 Å². The first-order valence-electron chi connectivity index (χ1n) is 4.92. The van der Waals surface area contributed by atoms with Gasteiger partial charge in [-0.05, 0) is 37.6 Å². The summed E-state index contributed by atoms with van der Waals surface area (Å²) in [7, 11) is 0. The van der Waals surface area contributed by atoms with Crippen LogP contribution in [0.5, 0.6) is 0 Å². The summed E-state index contributed by atoms with van der Waals surface area (Å²) in [6.45, 7) is 3.03. The SMILES string of the molecule is CC(O)CNCCc1ccc(F)c(Cl)c1. The molecule has 4 heteroatoms. The molecular formula is C11H15ClFNO. The van der Waals surface area contributed by atoms with E-state index in [4.69, 9.17) is 16.7 Å². The Kier molecular flexibility index (Phi) is 5.02. The van der Waals surface area contributed by atoms with Gasteiger partial charge in [-0.2, -0.15) is 0 Å². The molecule has 2 N–H and O–H groups in total. The normalized spacial score (nSPS) is 12.8. The van der Waals surface area contributed by atoms with E-state index in [-0.39, 0.29) is 11.1 Å². The molecule has 0 radical (unpaired) electrons. The number of benzene rings is 1. The molecule has 0 bridgehead atoms. The van der Waals surface area contributed by atoms with Gasteiger partial charge < -0.3 is 10.4 Å². The second kappa shape index (κ2) is 6.05. The van der Waals surface area contributed by atoms with Gasteiger partial charge in [-0.25, -0.2) is 4.39 Å². The molecule has 2 nitrogen and oxygen atoms in total. The number of aliphatic hydroxyl groups is 1. The van der Waals surface area contributed by atoms with Gasteiger partial charge in [-0.1, -0.05) is 17.7 Å². The summed E-state index contributed by atoms with van der Waals surface area (Å²) >= 11 is 5.64. The molecule has 0 amide bonds. The van der Waals surface area contributed by atoms with Gasteiger partial charge in [0.05, 0.1) is 11.1 Å². The lowest BCUT2D eigenvalue weighted by Gasteiger charge is -2.07. The quantitative estimate of drug-likeness (QED) is 0.760. The smallest absolute Gasteiger partial charge is 0.141 e. The van der Waals surface area contributed by atoms with Crippen molar-refractivity contribution < 1.29 is 9.50 Å². The summed E-state index contributed by atoms with van der Waals surface area (Å²) in [6.07, 6.45) is 0.425. The lowest BCUT2D eigenvalue weighted by Crippen LogP contribution is -2.26. The van der Waals surface area contributed by atoms with Crippen molar-refractivity contribution in [2.75, 3.05) is 13.1 Å². The minimum atomic E-state index is -0.391. The third kappa shape index (κ3) is 4.60. The molecule has 1 aromatic rings. The van der Waals surface area contributed by atoms with E-state index in [0.717, 1.165) is 18.5 Å². The molecule has 15 heavy (non-hydrogen) atoms. The fourth-order valence-electron chi connectivity index (χ4n) is 1.24. The Morgan fingerprint density at radius 3 is 2.87 bits per heavy atom. The molecule has 0 heterocycles. The summed E-state index contributed by atoms with van der Waals surface area (Å²) in [5.41, 5.74) is 0.986. The van der Waals surface area contributed by atoms with Crippen LogP contribution in [0, 0.1) is 5.82 Å². The van der Waals surface area contributed by atoms with Crippen LogP contribution in [0.2, 0.25) is 5.02 Å². The van der Waals surface area contributed by atoms with Crippen LogP contribution in [0.3, 0.4) is 0 Å². The molecule has 0 aliphatic carbocycles. The predicted molar refractivity (Wildman–Crippen MR) is 59.7 cm³/mol. The third-order valence-electron chi connectivity index (χ3n) is 2.01. The molecule has 0 aliphatic heterocycles. The minimum Gasteiger partial charge on any atom is -0.392 e. The molecule has 1 atom stereocenters. The number of hydrogen-bond acceptors (Lipinski definition) is 2. The number of nitrogens with one attached hydrogen (secondary N) is 1. The zero-order valence-corrected chi connectivity index (χ0v) is 9.39. The van der Waals surface area contributed by atoms with Crippen LogP contribution in [-0.4, -0.2) is 24.3 Å². The van der Waals surface area contributed by atoms with Crippen molar-refractivity contribution in [3.63, 3.8) is 0 Å². The van der Waals surface area contributed by atoms with Crippen LogP contribution in [0.15, 0.2) is 18.2 Å². The van der Waals surface area contributed by atoms with E-state index in [1.807, 2.05) is 0 Å². The van der Waals surface area contributed by atoms with Crippen LogP contribution in [0.25, 0.3) is 0 Å². The highest BCUT2D eigenvalue weighted by Crippen LogP contribution is 2.15. The van der Waals surface area contributed by atoms with Crippen molar-refractivity contribution in [2.45, 2.75) is 19.4 Å². The summed E-state index contributed by atoms with van der Waals surface area (Å²) < 4.78 is 12.8. The van der Waals surface area contributed by atoms with Gasteiger partial charge in [0.15, 0.2) is 0 Å². The van der Waals surface area contributed by atoms with E-state index in [2.05, 4.69) is 5.32 Å². The van der Waals surface area contributed by atoms with Crippen molar-refractivity contribution in [1.29, 1.82) is 0 Å². The zero-order chi connectivity index (χ0) is 11.3. The fourth-order valence-corrected chi connectivity index (χ4v) is 1.44. The van der Waals surface area contributed by atoms with Crippen molar-refractivity contribution in [3.8, 4) is 0 Å². The van der Waals surface area contributed by atoms with Crippen LogP contribution in [0.4, 0.5) is 4.39 Å². The van der Waals surface area contributed by atoms with Gasteiger partial charge in [-0.15, -0.1) is 0 Å². The highest BCUT2D eigenvalue weighted by Gasteiger charge is 2.01. The molecule has 0 saturated carbocycles. The summed E-state index contributed by atoms with van der Waals surface area (Å²) in [6, 6.07) is 4.71. The average molecular weight is 232 g/mol. The Morgan fingerprint density at radius 1 is 1.53 bits per heavy atom.